The third kappa shape index (κ3) is 5.14. The molecule has 0 radical (unpaired) electrons. The highest BCUT2D eigenvalue weighted by atomic mass is 32.1. The minimum atomic E-state index is -0.611. The molecule has 1 atom stereocenters. The second-order valence-corrected chi connectivity index (χ2v) is 6.88. The lowest BCUT2D eigenvalue weighted by atomic mass is 10.1. The number of hydrogen-bond donors (Lipinski definition) is 2. The maximum absolute atomic E-state index is 12.2. The summed E-state index contributed by atoms with van der Waals surface area (Å²) in [6.07, 6.45) is 0. The Morgan fingerprint density at radius 2 is 1.81 bits per heavy atom. The van der Waals surface area contributed by atoms with E-state index in [4.69, 9.17) is 4.74 Å². The fourth-order valence-electron chi connectivity index (χ4n) is 2.94. The molecule has 0 saturated carbocycles. The molecule has 1 aromatic heterocycles. The molecule has 0 aliphatic carbocycles. The lowest BCUT2D eigenvalue weighted by molar-refractivity contribution is -0.139. The average Bonchev–Trinajstić information content (AvgIpc) is 3.22. The van der Waals surface area contributed by atoms with E-state index in [0.29, 0.717) is 26.3 Å². The van der Waals surface area contributed by atoms with E-state index in [2.05, 4.69) is 27.0 Å². The standard InChI is InChI=1S/C19H23N3O3S/c23-18(20-12-15-4-2-1-3-5-15)19(24)21-13-17(16-6-11-26-14-16)22-7-9-25-10-8-22/h1-6,11,14,17H,7-10,12-13H2,(H,20,23)(H,21,24). The van der Waals surface area contributed by atoms with Crippen LogP contribution in [0.5, 0.6) is 0 Å². The lowest BCUT2D eigenvalue weighted by Crippen LogP contribution is -2.46. The van der Waals surface area contributed by atoms with Gasteiger partial charge in [0.2, 0.25) is 0 Å². The molecular formula is C19H23N3O3S. The Bertz CT molecular complexity index is 700. The minimum Gasteiger partial charge on any atom is -0.379 e. The number of nitrogens with one attached hydrogen (secondary N) is 2. The summed E-state index contributed by atoms with van der Waals surface area (Å²) in [5, 5.41) is 9.54. The zero-order valence-electron chi connectivity index (χ0n) is 14.5. The van der Waals surface area contributed by atoms with Crippen molar-refractivity contribution in [3.8, 4) is 0 Å². The number of carbonyl (C=O) groups excluding carboxylic acids is 2. The zero-order chi connectivity index (χ0) is 18.2. The van der Waals surface area contributed by atoms with Crippen molar-refractivity contribution in [2.75, 3.05) is 32.8 Å². The van der Waals surface area contributed by atoms with Crippen LogP contribution in [0.4, 0.5) is 0 Å². The van der Waals surface area contributed by atoms with E-state index in [0.717, 1.165) is 24.2 Å². The Balaban J connectivity index is 1.52. The highest BCUT2D eigenvalue weighted by Crippen LogP contribution is 2.23. The molecular weight excluding hydrogens is 350 g/mol. The largest absolute Gasteiger partial charge is 0.379 e. The Kier molecular flexibility index (Phi) is 6.76. The summed E-state index contributed by atoms with van der Waals surface area (Å²) in [6.45, 7) is 3.74. The molecule has 138 valence electrons. The van der Waals surface area contributed by atoms with Crippen LogP contribution in [-0.4, -0.2) is 49.6 Å². The van der Waals surface area contributed by atoms with Crippen LogP contribution in [0.1, 0.15) is 17.2 Å². The molecule has 2 amide bonds. The van der Waals surface area contributed by atoms with Gasteiger partial charge in [0.05, 0.1) is 19.3 Å². The molecule has 6 nitrogen and oxygen atoms in total. The fourth-order valence-corrected chi connectivity index (χ4v) is 3.65. The smallest absolute Gasteiger partial charge is 0.309 e. The van der Waals surface area contributed by atoms with Gasteiger partial charge >= 0.3 is 11.8 Å². The van der Waals surface area contributed by atoms with Crippen molar-refractivity contribution in [2.24, 2.45) is 0 Å². The van der Waals surface area contributed by atoms with Gasteiger partial charge in [0.1, 0.15) is 0 Å². The molecule has 2 heterocycles. The van der Waals surface area contributed by atoms with Crippen LogP contribution in [0.25, 0.3) is 0 Å². The van der Waals surface area contributed by atoms with Gasteiger partial charge in [-0.15, -0.1) is 0 Å². The van der Waals surface area contributed by atoms with Gasteiger partial charge < -0.3 is 15.4 Å². The Labute approximate surface area is 157 Å². The SMILES string of the molecule is O=C(NCc1ccccc1)C(=O)NCC(c1ccsc1)N1CCOCC1. The van der Waals surface area contributed by atoms with Gasteiger partial charge in [-0.1, -0.05) is 30.3 Å². The topological polar surface area (TPSA) is 70.7 Å². The molecule has 0 spiro atoms. The second-order valence-electron chi connectivity index (χ2n) is 6.10. The molecule has 1 saturated heterocycles. The summed E-state index contributed by atoms with van der Waals surface area (Å²) in [7, 11) is 0. The molecule has 1 aliphatic heterocycles. The number of ether oxygens (including phenoxy) is 1. The van der Waals surface area contributed by atoms with Gasteiger partial charge in [0, 0.05) is 26.2 Å². The van der Waals surface area contributed by atoms with Crippen molar-refractivity contribution in [2.45, 2.75) is 12.6 Å². The van der Waals surface area contributed by atoms with Crippen molar-refractivity contribution < 1.29 is 14.3 Å². The molecule has 1 aromatic carbocycles. The summed E-state index contributed by atoms with van der Waals surface area (Å²) >= 11 is 1.63. The molecule has 26 heavy (non-hydrogen) atoms. The van der Waals surface area contributed by atoms with E-state index in [1.807, 2.05) is 35.7 Å². The summed E-state index contributed by atoms with van der Waals surface area (Å²) < 4.78 is 5.41. The molecule has 0 bridgehead atoms. The summed E-state index contributed by atoms with van der Waals surface area (Å²) in [5.74, 6) is -1.21. The van der Waals surface area contributed by atoms with Crippen LogP contribution in [0.3, 0.4) is 0 Å². The first-order chi connectivity index (χ1) is 12.7. The highest BCUT2D eigenvalue weighted by Gasteiger charge is 2.24. The maximum atomic E-state index is 12.2. The van der Waals surface area contributed by atoms with E-state index in [1.165, 1.54) is 0 Å². The van der Waals surface area contributed by atoms with Crippen molar-refractivity contribution >= 4 is 23.2 Å². The first-order valence-electron chi connectivity index (χ1n) is 8.68. The number of rotatable bonds is 6. The van der Waals surface area contributed by atoms with Gasteiger partial charge in [-0.05, 0) is 28.0 Å². The van der Waals surface area contributed by atoms with Gasteiger partial charge in [0.25, 0.3) is 0 Å². The Morgan fingerprint density at radius 1 is 1.08 bits per heavy atom. The van der Waals surface area contributed by atoms with Crippen LogP contribution < -0.4 is 10.6 Å². The van der Waals surface area contributed by atoms with Crippen LogP contribution in [-0.2, 0) is 20.9 Å². The zero-order valence-corrected chi connectivity index (χ0v) is 15.3. The highest BCUT2D eigenvalue weighted by molar-refractivity contribution is 7.07. The van der Waals surface area contributed by atoms with Crippen molar-refractivity contribution in [3.63, 3.8) is 0 Å². The molecule has 2 N–H and O–H groups in total. The number of morpholine rings is 1. The van der Waals surface area contributed by atoms with Crippen LogP contribution in [0.2, 0.25) is 0 Å². The minimum absolute atomic E-state index is 0.0519. The van der Waals surface area contributed by atoms with Crippen molar-refractivity contribution in [1.29, 1.82) is 0 Å². The summed E-state index contributed by atoms with van der Waals surface area (Å²) in [4.78, 5) is 26.5. The maximum Gasteiger partial charge on any atom is 0.309 e. The van der Waals surface area contributed by atoms with E-state index < -0.39 is 11.8 Å². The van der Waals surface area contributed by atoms with Gasteiger partial charge in [-0.3, -0.25) is 14.5 Å². The van der Waals surface area contributed by atoms with Crippen LogP contribution in [0.15, 0.2) is 47.2 Å². The average molecular weight is 373 g/mol. The normalized spacial score (nSPS) is 16.0. The Hall–Kier alpha value is -2.22. The first-order valence-corrected chi connectivity index (χ1v) is 9.62. The van der Waals surface area contributed by atoms with Gasteiger partial charge in [-0.2, -0.15) is 11.3 Å². The quantitative estimate of drug-likeness (QED) is 0.754. The van der Waals surface area contributed by atoms with E-state index >= 15 is 0 Å². The van der Waals surface area contributed by atoms with E-state index in [1.54, 1.807) is 11.3 Å². The fraction of sp³-hybridized carbons (Fsp3) is 0.368. The summed E-state index contributed by atoms with van der Waals surface area (Å²) in [6, 6.07) is 11.6. The number of benzene rings is 1. The van der Waals surface area contributed by atoms with Crippen molar-refractivity contribution in [3.05, 3.63) is 58.3 Å². The van der Waals surface area contributed by atoms with Crippen LogP contribution in [0, 0.1) is 0 Å². The molecule has 2 aromatic rings. The van der Waals surface area contributed by atoms with Gasteiger partial charge in [0.15, 0.2) is 0 Å². The van der Waals surface area contributed by atoms with E-state index in [9.17, 15) is 9.59 Å². The number of nitrogens with zero attached hydrogens (tertiary/aromatic N) is 1. The first kappa shape index (κ1) is 18.6. The molecule has 1 unspecified atom stereocenters. The lowest BCUT2D eigenvalue weighted by Gasteiger charge is -2.34. The predicted octanol–water partition coefficient (Wildman–Crippen LogP) is 1.55. The van der Waals surface area contributed by atoms with E-state index in [-0.39, 0.29) is 6.04 Å². The third-order valence-electron chi connectivity index (χ3n) is 4.37. The molecule has 7 heteroatoms. The molecule has 1 fully saturated rings. The van der Waals surface area contributed by atoms with Crippen LogP contribution >= 0.6 is 11.3 Å². The monoisotopic (exact) mass is 373 g/mol. The molecule has 1 aliphatic rings. The third-order valence-corrected chi connectivity index (χ3v) is 5.07. The second kappa shape index (κ2) is 9.47. The summed E-state index contributed by atoms with van der Waals surface area (Å²) in [5.41, 5.74) is 2.11. The Morgan fingerprint density at radius 3 is 2.50 bits per heavy atom. The number of thiophene rings is 1. The number of amides is 2. The number of carbonyl (C=O) groups is 2. The van der Waals surface area contributed by atoms with Crippen molar-refractivity contribution in [1.82, 2.24) is 15.5 Å². The van der Waals surface area contributed by atoms with Gasteiger partial charge in [-0.25, -0.2) is 0 Å². The number of hydrogen-bond acceptors (Lipinski definition) is 5. The molecule has 3 rings (SSSR count). The predicted molar refractivity (Wildman–Crippen MR) is 101 cm³/mol.